The van der Waals surface area contributed by atoms with Crippen LogP contribution in [0.1, 0.15) is 82.8 Å². The van der Waals surface area contributed by atoms with Crippen LogP contribution in [0.4, 0.5) is 0 Å². The van der Waals surface area contributed by atoms with Crippen molar-refractivity contribution in [3.8, 4) is 0 Å². The number of halogens is 1. The zero-order valence-electron chi connectivity index (χ0n) is 19.6. The van der Waals surface area contributed by atoms with Gasteiger partial charge in [0, 0.05) is 18.6 Å². The highest BCUT2D eigenvalue weighted by molar-refractivity contribution is 5.70. The zero-order chi connectivity index (χ0) is 21.6. The van der Waals surface area contributed by atoms with E-state index in [1.54, 1.807) is 0 Å². The maximum atomic E-state index is 12.1. The van der Waals surface area contributed by atoms with Gasteiger partial charge in [-0.15, -0.1) is 0 Å². The second-order valence-electron chi connectivity index (χ2n) is 8.90. The molecular weight excluding hydrogens is 497 g/mol. The lowest BCUT2D eigenvalue weighted by Gasteiger charge is -2.13. The second-order valence-corrected chi connectivity index (χ2v) is 8.90. The molecular formula is C27H40INO2. The Labute approximate surface area is 206 Å². The highest BCUT2D eigenvalue weighted by Crippen LogP contribution is 2.21. The molecule has 1 aromatic carbocycles. The Morgan fingerprint density at radius 3 is 2.13 bits per heavy atom. The minimum absolute atomic E-state index is 0. The summed E-state index contributed by atoms with van der Waals surface area (Å²) in [5.74, 6) is 0.790. The van der Waals surface area contributed by atoms with Crippen molar-refractivity contribution in [1.82, 2.24) is 0 Å². The minimum atomic E-state index is -0.0753. The van der Waals surface area contributed by atoms with Gasteiger partial charge in [-0.2, -0.15) is 0 Å². The molecule has 172 valence electrons. The molecule has 0 bridgehead atoms. The van der Waals surface area contributed by atoms with Crippen LogP contribution in [-0.2, 0) is 22.5 Å². The average molecular weight is 538 g/mol. The molecule has 1 heterocycles. The first kappa shape index (κ1) is 27.6. The van der Waals surface area contributed by atoms with E-state index in [-0.39, 0.29) is 35.9 Å². The van der Waals surface area contributed by atoms with Crippen LogP contribution in [0, 0.1) is 5.92 Å². The van der Waals surface area contributed by atoms with Crippen LogP contribution in [0.5, 0.6) is 0 Å². The molecule has 0 aliphatic heterocycles. The maximum Gasteiger partial charge on any atom is 0.306 e. The first-order chi connectivity index (χ1) is 14.5. The number of hydrogen-bond acceptors (Lipinski definition) is 2. The highest BCUT2D eigenvalue weighted by atomic mass is 127. The van der Waals surface area contributed by atoms with Gasteiger partial charge in [-0.1, -0.05) is 70.4 Å². The summed E-state index contributed by atoms with van der Waals surface area (Å²) in [5, 5.41) is 0. The van der Waals surface area contributed by atoms with Gasteiger partial charge in [-0.25, -0.2) is 4.57 Å². The summed E-state index contributed by atoms with van der Waals surface area (Å²) in [5.41, 5.74) is 2.58. The molecule has 0 aliphatic carbocycles. The summed E-state index contributed by atoms with van der Waals surface area (Å²) in [6, 6.07) is 14.9. The van der Waals surface area contributed by atoms with Gasteiger partial charge >= 0.3 is 5.97 Å². The molecule has 0 radical (unpaired) electrons. The third-order valence-corrected chi connectivity index (χ3v) is 5.52. The number of pyridine rings is 1. The molecule has 0 N–H and O–H groups in total. The van der Waals surface area contributed by atoms with Crippen LogP contribution in [0.15, 0.2) is 54.9 Å². The van der Waals surface area contributed by atoms with E-state index < -0.39 is 0 Å². The Bertz CT molecular complexity index is 716. The topological polar surface area (TPSA) is 30.2 Å². The number of nitrogens with zero attached hydrogens (tertiary/aromatic N) is 1. The van der Waals surface area contributed by atoms with Crippen molar-refractivity contribution in [1.29, 1.82) is 0 Å². The van der Waals surface area contributed by atoms with E-state index in [2.05, 4.69) is 80.2 Å². The van der Waals surface area contributed by atoms with Crippen LogP contribution in [-0.4, -0.2) is 12.6 Å². The Kier molecular flexibility index (Phi) is 14.5. The van der Waals surface area contributed by atoms with Crippen molar-refractivity contribution >= 4 is 5.97 Å². The number of aromatic nitrogens is 1. The van der Waals surface area contributed by atoms with Crippen LogP contribution < -0.4 is 28.5 Å². The number of unbranched alkanes of at least 4 members (excludes halogenated alkanes) is 5. The van der Waals surface area contributed by atoms with Gasteiger partial charge in [-0.05, 0) is 42.2 Å². The van der Waals surface area contributed by atoms with Crippen molar-refractivity contribution in [2.24, 2.45) is 5.92 Å². The molecule has 2 rings (SSSR count). The third kappa shape index (κ3) is 12.3. The van der Waals surface area contributed by atoms with E-state index in [0.29, 0.717) is 18.9 Å². The van der Waals surface area contributed by atoms with Crippen molar-refractivity contribution in [2.75, 3.05) is 6.61 Å². The summed E-state index contributed by atoms with van der Waals surface area (Å²) in [4.78, 5) is 12.1. The summed E-state index contributed by atoms with van der Waals surface area (Å²) >= 11 is 0. The molecule has 4 heteroatoms. The van der Waals surface area contributed by atoms with E-state index in [9.17, 15) is 4.79 Å². The molecule has 0 saturated heterocycles. The largest absolute Gasteiger partial charge is 1.00 e. The van der Waals surface area contributed by atoms with E-state index in [4.69, 9.17) is 4.74 Å². The fourth-order valence-corrected chi connectivity index (χ4v) is 3.75. The Morgan fingerprint density at radius 1 is 0.871 bits per heavy atom. The fourth-order valence-electron chi connectivity index (χ4n) is 3.75. The zero-order valence-corrected chi connectivity index (χ0v) is 21.7. The first-order valence-electron chi connectivity index (χ1n) is 11.7. The van der Waals surface area contributed by atoms with Crippen LogP contribution in [0.2, 0.25) is 0 Å². The Balaban J connectivity index is 0.00000480. The van der Waals surface area contributed by atoms with E-state index in [1.807, 2.05) is 0 Å². The van der Waals surface area contributed by atoms with E-state index in [0.717, 1.165) is 25.8 Å². The molecule has 0 saturated carbocycles. The van der Waals surface area contributed by atoms with E-state index >= 15 is 0 Å². The molecule has 0 fully saturated rings. The molecule has 1 atom stereocenters. The number of aryl methyl sites for hydroxylation is 1. The van der Waals surface area contributed by atoms with E-state index in [1.165, 1.54) is 36.8 Å². The minimum Gasteiger partial charge on any atom is -1.00 e. The lowest BCUT2D eigenvalue weighted by molar-refractivity contribution is -0.697. The summed E-state index contributed by atoms with van der Waals surface area (Å²) in [7, 11) is 0. The SMILES string of the molecule is CC(C)Cc1ccc([C@H](C)CC(=O)OCCCCCCCC[n+]2ccccc2)cc1.[I-]. The maximum absolute atomic E-state index is 12.1. The number of ether oxygens (including phenoxy) is 1. The number of rotatable bonds is 14. The van der Waals surface area contributed by atoms with Gasteiger partial charge in [0.05, 0.1) is 13.0 Å². The Morgan fingerprint density at radius 2 is 1.48 bits per heavy atom. The number of benzene rings is 1. The molecule has 3 nitrogen and oxygen atoms in total. The van der Waals surface area contributed by atoms with Crippen LogP contribution >= 0.6 is 0 Å². The van der Waals surface area contributed by atoms with Gasteiger partial charge in [0.25, 0.3) is 0 Å². The monoisotopic (exact) mass is 537 g/mol. The van der Waals surface area contributed by atoms with Gasteiger partial charge in [0.2, 0.25) is 0 Å². The number of carbonyl (C=O) groups excluding carboxylic acids is 1. The Hall–Kier alpha value is -1.43. The van der Waals surface area contributed by atoms with Crippen molar-refractivity contribution in [3.63, 3.8) is 0 Å². The highest BCUT2D eigenvalue weighted by Gasteiger charge is 2.12. The number of carbonyl (C=O) groups is 1. The third-order valence-electron chi connectivity index (χ3n) is 5.52. The summed E-state index contributed by atoms with van der Waals surface area (Å²) < 4.78 is 7.69. The predicted molar refractivity (Wildman–Crippen MR) is 123 cm³/mol. The standard InChI is InChI=1S/C27H40NO2.HI/c1-23(2)21-25-13-15-26(16-14-25)24(3)22-27(29)30-20-12-7-5-4-6-9-17-28-18-10-8-11-19-28;/h8,10-11,13-16,18-19,23-24H,4-7,9,12,17,20-22H2,1-3H3;1H/q+1;/p-1/t24-;/m1./s1. The second kappa shape index (κ2) is 16.2. The lowest BCUT2D eigenvalue weighted by atomic mass is 9.95. The predicted octanol–water partition coefficient (Wildman–Crippen LogP) is 3.25. The van der Waals surface area contributed by atoms with Crippen molar-refractivity contribution in [2.45, 2.75) is 84.6 Å². The van der Waals surface area contributed by atoms with Crippen molar-refractivity contribution in [3.05, 3.63) is 66.0 Å². The van der Waals surface area contributed by atoms with Gasteiger partial charge in [0.15, 0.2) is 12.4 Å². The van der Waals surface area contributed by atoms with Gasteiger partial charge < -0.3 is 28.7 Å². The summed E-state index contributed by atoms with van der Waals surface area (Å²) in [6.45, 7) is 8.22. The van der Waals surface area contributed by atoms with Crippen LogP contribution in [0.3, 0.4) is 0 Å². The van der Waals surface area contributed by atoms with Crippen molar-refractivity contribution < 1.29 is 38.1 Å². The number of hydrogen-bond donors (Lipinski definition) is 0. The smallest absolute Gasteiger partial charge is 0.306 e. The molecule has 0 spiro atoms. The molecule has 31 heavy (non-hydrogen) atoms. The summed E-state index contributed by atoms with van der Waals surface area (Å²) in [6.07, 6.45) is 12.9. The fraction of sp³-hybridized carbons (Fsp3) is 0.556. The molecule has 1 aromatic heterocycles. The van der Waals surface area contributed by atoms with Gasteiger partial charge in [0.1, 0.15) is 6.54 Å². The lowest BCUT2D eigenvalue weighted by Crippen LogP contribution is -3.00. The molecule has 0 amide bonds. The normalized spacial score (nSPS) is 11.7. The number of esters is 1. The molecule has 0 aliphatic rings. The quantitative estimate of drug-likeness (QED) is 0.160. The average Bonchev–Trinajstić information content (AvgIpc) is 2.73. The first-order valence-corrected chi connectivity index (χ1v) is 11.7. The molecule has 2 aromatic rings. The van der Waals surface area contributed by atoms with Gasteiger partial charge in [-0.3, -0.25) is 4.79 Å². The molecule has 0 unspecified atom stereocenters. The van der Waals surface area contributed by atoms with Crippen LogP contribution in [0.25, 0.3) is 0 Å².